The smallest absolute Gasteiger partial charge is 0.407 e. The van der Waals surface area contributed by atoms with Crippen LogP contribution in [0, 0.1) is 5.41 Å². The Balaban J connectivity index is 1.93. The quantitative estimate of drug-likeness (QED) is 0.640. The zero-order valence-corrected chi connectivity index (χ0v) is 10.6. The molecular weight excluding hydrogens is 207 g/mol. The Bertz CT molecular complexity index is 255. The maximum Gasteiger partial charge on any atom is 0.489 e. The summed E-state index contributed by atoms with van der Waals surface area (Å²) in [6, 6.07) is 0. The van der Waals surface area contributed by atoms with Crippen LogP contribution >= 0.6 is 11.8 Å². The van der Waals surface area contributed by atoms with Crippen LogP contribution in [0.2, 0.25) is 0 Å². The second-order valence-electron chi connectivity index (χ2n) is 5.25. The molecule has 2 heterocycles. The van der Waals surface area contributed by atoms with Gasteiger partial charge in [0, 0.05) is 29.6 Å². The lowest BCUT2D eigenvalue weighted by atomic mass is 9.73. The summed E-state index contributed by atoms with van der Waals surface area (Å²) in [6.07, 6.45) is 3.38. The van der Waals surface area contributed by atoms with Crippen LogP contribution in [0.5, 0.6) is 0 Å². The van der Waals surface area contributed by atoms with Crippen LogP contribution in [-0.4, -0.2) is 31.3 Å². The van der Waals surface area contributed by atoms with Crippen LogP contribution in [0.4, 0.5) is 0 Å². The molecule has 0 spiro atoms. The molecule has 1 saturated heterocycles. The lowest BCUT2D eigenvalue weighted by Gasteiger charge is -2.35. The first-order valence-corrected chi connectivity index (χ1v) is 6.65. The van der Waals surface area contributed by atoms with Gasteiger partial charge in [-0.25, -0.2) is 0 Å². The van der Waals surface area contributed by atoms with Crippen LogP contribution in [0.25, 0.3) is 0 Å². The number of thioether (sulfide) groups is 1. The van der Waals surface area contributed by atoms with Gasteiger partial charge in [0.15, 0.2) is 0 Å². The lowest BCUT2D eigenvalue weighted by Crippen LogP contribution is -2.42. The van der Waals surface area contributed by atoms with Gasteiger partial charge in [0.25, 0.3) is 0 Å². The van der Waals surface area contributed by atoms with Crippen molar-refractivity contribution in [1.82, 2.24) is 0 Å². The van der Waals surface area contributed by atoms with E-state index in [4.69, 9.17) is 9.31 Å². The van der Waals surface area contributed by atoms with Crippen LogP contribution < -0.4 is 0 Å². The molecule has 0 aliphatic carbocycles. The molecule has 0 N–H and O–H groups in total. The Morgan fingerprint density at radius 3 is 2.67 bits per heavy atom. The van der Waals surface area contributed by atoms with Gasteiger partial charge in [-0.2, -0.15) is 11.8 Å². The highest BCUT2D eigenvalue weighted by Gasteiger charge is 2.35. The van der Waals surface area contributed by atoms with E-state index in [1.807, 2.05) is 11.8 Å². The van der Waals surface area contributed by atoms with Gasteiger partial charge in [-0.3, -0.25) is 0 Å². The molecule has 15 heavy (non-hydrogen) atoms. The Morgan fingerprint density at radius 2 is 2.07 bits per heavy atom. The highest BCUT2D eigenvalue weighted by atomic mass is 32.2. The van der Waals surface area contributed by atoms with Crippen molar-refractivity contribution in [3.05, 3.63) is 11.5 Å². The van der Waals surface area contributed by atoms with Crippen molar-refractivity contribution < 1.29 is 9.31 Å². The molecule has 1 unspecified atom stereocenters. The van der Waals surface area contributed by atoms with Crippen molar-refractivity contribution >= 4 is 18.9 Å². The minimum Gasteiger partial charge on any atom is -0.407 e. The number of hydrogen-bond donors (Lipinski definition) is 0. The van der Waals surface area contributed by atoms with Crippen LogP contribution in [0.1, 0.15) is 27.2 Å². The van der Waals surface area contributed by atoms with Gasteiger partial charge in [-0.15, -0.1) is 0 Å². The van der Waals surface area contributed by atoms with Gasteiger partial charge in [-0.1, -0.05) is 26.8 Å². The summed E-state index contributed by atoms with van der Waals surface area (Å²) in [4.78, 5) is 0. The normalized spacial score (nSPS) is 31.3. The predicted octanol–water partition coefficient (Wildman–Crippen LogP) is 2.54. The van der Waals surface area contributed by atoms with E-state index in [-0.39, 0.29) is 12.5 Å². The minimum absolute atomic E-state index is 0.0682. The fraction of sp³-hybridized carbons (Fsp3) is 0.818. The first kappa shape index (κ1) is 11.6. The molecule has 2 aliphatic rings. The highest BCUT2D eigenvalue weighted by Crippen LogP contribution is 2.30. The average Bonchev–Trinajstić information content (AvgIpc) is 2.17. The Labute approximate surface area is 96.9 Å². The van der Waals surface area contributed by atoms with Crippen molar-refractivity contribution in [2.45, 2.75) is 32.4 Å². The summed E-state index contributed by atoms with van der Waals surface area (Å²) < 4.78 is 11.6. The molecule has 2 aliphatic heterocycles. The molecule has 2 rings (SSSR count). The van der Waals surface area contributed by atoms with Gasteiger partial charge in [-0.05, 0) is 11.9 Å². The molecule has 0 saturated carbocycles. The van der Waals surface area contributed by atoms with Crippen molar-refractivity contribution in [2.24, 2.45) is 5.41 Å². The molecule has 84 valence electrons. The summed E-state index contributed by atoms with van der Waals surface area (Å²) in [5.41, 5.74) is 1.52. The van der Waals surface area contributed by atoms with E-state index in [0.717, 1.165) is 25.4 Å². The predicted molar refractivity (Wildman–Crippen MR) is 66.1 cm³/mol. The first-order chi connectivity index (χ1) is 7.07. The van der Waals surface area contributed by atoms with E-state index in [1.54, 1.807) is 0 Å². The zero-order valence-electron chi connectivity index (χ0n) is 9.79. The molecule has 2 nitrogen and oxygen atoms in total. The molecule has 0 radical (unpaired) electrons. The van der Waals surface area contributed by atoms with E-state index in [9.17, 15) is 0 Å². The van der Waals surface area contributed by atoms with E-state index in [1.165, 1.54) is 5.47 Å². The minimum atomic E-state index is -0.0682. The van der Waals surface area contributed by atoms with Crippen LogP contribution in [0.3, 0.4) is 0 Å². The second kappa shape index (κ2) is 4.52. The van der Waals surface area contributed by atoms with Gasteiger partial charge in [0.05, 0.1) is 0 Å². The van der Waals surface area contributed by atoms with E-state index in [0.29, 0.717) is 5.25 Å². The monoisotopic (exact) mass is 226 g/mol. The molecule has 0 amide bonds. The maximum absolute atomic E-state index is 5.78. The molecule has 0 aromatic heterocycles. The van der Waals surface area contributed by atoms with Gasteiger partial charge < -0.3 is 9.31 Å². The highest BCUT2D eigenvalue weighted by molar-refractivity contribution is 8.00. The Morgan fingerprint density at radius 1 is 1.40 bits per heavy atom. The molecule has 0 aromatic rings. The Hall–Kier alpha value is 0.0749. The molecule has 1 atom stereocenters. The number of hydrogen-bond acceptors (Lipinski definition) is 3. The number of rotatable bonds is 1. The summed E-state index contributed by atoms with van der Waals surface area (Å²) in [6.45, 7) is 8.23. The van der Waals surface area contributed by atoms with E-state index < -0.39 is 0 Å². The van der Waals surface area contributed by atoms with Crippen LogP contribution in [-0.2, 0) is 9.31 Å². The van der Waals surface area contributed by atoms with Gasteiger partial charge >= 0.3 is 7.12 Å². The largest absolute Gasteiger partial charge is 0.489 e. The van der Waals surface area contributed by atoms with Gasteiger partial charge in [0.2, 0.25) is 0 Å². The SMILES string of the molecule is CC1CC(B2OCC(C)(C)CO2)=CCS1. The summed E-state index contributed by atoms with van der Waals surface area (Å²) in [5, 5.41) is 0.701. The third-order valence-electron chi connectivity index (χ3n) is 2.80. The maximum atomic E-state index is 5.78. The zero-order chi connectivity index (χ0) is 10.9. The Kier molecular flexibility index (Phi) is 3.48. The first-order valence-electron chi connectivity index (χ1n) is 5.60. The third-order valence-corrected chi connectivity index (χ3v) is 3.90. The number of allylic oxidation sites excluding steroid dienone is 1. The van der Waals surface area contributed by atoms with Crippen molar-refractivity contribution in [2.75, 3.05) is 19.0 Å². The van der Waals surface area contributed by atoms with Crippen molar-refractivity contribution in [1.29, 1.82) is 0 Å². The lowest BCUT2D eigenvalue weighted by molar-refractivity contribution is 0.0318. The molecule has 0 bridgehead atoms. The molecule has 1 fully saturated rings. The van der Waals surface area contributed by atoms with E-state index >= 15 is 0 Å². The van der Waals surface area contributed by atoms with Crippen molar-refractivity contribution in [3.8, 4) is 0 Å². The average molecular weight is 226 g/mol. The van der Waals surface area contributed by atoms with E-state index in [2.05, 4.69) is 26.8 Å². The fourth-order valence-corrected chi connectivity index (χ4v) is 2.84. The topological polar surface area (TPSA) is 18.5 Å². The molecular formula is C11H19BO2S. The fourth-order valence-electron chi connectivity index (χ4n) is 1.89. The van der Waals surface area contributed by atoms with Crippen molar-refractivity contribution in [3.63, 3.8) is 0 Å². The summed E-state index contributed by atoms with van der Waals surface area (Å²) in [7, 11) is -0.0682. The second-order valence-corrected chi connectivity index (χ2v) is 6.72. The molecule has 4 heteroatoms. The third kappa shape index (κ3) is 3.02. The molecule has 0 aromatic carbocycles. The summed E-state index contributed by atoms with van der Waals surface area (Å²) >= 11 is 2.00. The van der Waals surface area contributed by atoms with Gasteiger partial charge in [0.1, 0.15) is 0 Å². The standard InChI is InChI=1S/C11H19BO2S/c1-9-6-10(4-5-15-9)12-13-7-11(2,3)8-14-12/h4,9H,5-8H2,1-3H3. The van der Waals surface area contributed by atoms with Crippen LogP contribution in [0.15, 0.2) is 11.5 Å². The summed E-state index contributed by atoms with van der Waals surface area (Å²) in [5.74, 6) is 1.10.